The maximum atomic E-state index is 8.49. The zero-order valence-corrected chi connectivity index (χ0v) is 7.79. The van der Waals surface area contributed by atoms with Gasteiger partial charge in [0.05, 0.1) is 25.2 Å². The van der Waals surface area contributed by atoms with Crippen molar-refractivity contribution in [2.75, 3.05) is 19.7 Å². The van der Waals surface area contributed by atoms with E-state index >= 15 is 0 Å². The molecule has 1 aliphatic heterocycles. The largest absolute Gasteiger partial charge is 0.374 e. The highest BCUT2D eigenvalue weighted by molar-refractivity contribution is 4.82. The maximum absolute atomic E-state index is 8.49. The summed E-state index contributed by atoms with van der Waals surface area (Å²) in [6, 6.07) is 2.71. The van der Waals surface area contributed by atoms with E-state index in [4.69, 9.17) is 10.00 Å². The van der Waals surface area contributed by atoms with Gasteiger partial charge < -0.3 is 4.74 Å². The Balaban J connectivity index is 2.36. The van der Waals surface area contributed by atoms with E-state index in [1.165, 1.54) is 0 Å². The molecule has 0 saturated carbocycles. The first-order valence-corrected chi connectivity index (χ1v) is 4.46. The van der Waals surface area contributed by atoms with Gasteiger partial charge in [0.25, 0.3) is 0 Å². The lowest BCUT2D eigenvalue weighted by molar-refractivity contribution is -0.0357. The van der Waals surface area contributed by atoms with E-state index in [-0.39, 0.29) is 6.10 Å². The predicted molar refractivity (Wildman–Crippen MR) is 46.7 cm³/mol. The molecule has 1 unspecified atom stereocenters. The molecule has 0 spiro atoms. The molecule has 0 N–H and O–H groups in total. The van der Waals surface area contributed by atoms with Gasteiger partial charge in [0, 0.05) is 19.1 Å². The van der Waals surface area contributed by atoms with Crippen LogP contribution in [-0.4, -0.2) is 36.7 Å². The molecule has 68 valence electrons. The Kier molecular flexibility index (Phi) is 3.51. The molecule has 3 heteroatoms. The second-order valence-corrected chi connectivity index (χ2v) is 3.44. The molecule has 12 heavy (non-hydrogen) atoms. The van der Waals surface area contributed by atoms with Gasteiger partial charge in [-0.25, -0.2) is 0 Å². The first-order valence-electron chi connectivity index (χ1n) is 4.46. The molecule has 0 aliphatic carbocycles. The molecule has 1 rings (SSSR count). The van der Waals surface area contributed by atoms with Gasteiger partial charge in [-0.05, 0) is 13.8 Å². The van der Waals surface area contributed by atoms with Crippen molar-refractivity contribution < 1.29 is 4.74 Å². The van der Waals surface area contributed by atoms with Crippen molar-refractivity contribution in [2.24, 2.45) is 0 Å². The van der Waals surface area contributed by atoms with Crippen LogP contribution in [0.15, 0.2) is 0 Å². The van der Waals surface area contributed by atoms with Crippen molar-refractivity contribution in [3.63, 3.8) is 0 Å². The van der Waals surface area contributed by atoms with Gasteiger partial charge in [-0.2, -0.15) is 5.26 Å². The number of nitrogens with zero attached hydrogens (tertiary/aromatic N) is 2. The molecule has 1 heterocycles. The molecule has 1 fully saturated rings. The summed E-state index contributed by atoms with van der Waals surface area (Å²) in [6.07, 6.45) is 0.648. The van der Waals surface area contributed by atoms with Crippen LogP contribution in [0.25, 0.3) is 0 Å². The molecule has 1 saturated heterocycles. The molecule has 0 aromatic rings. The lowest BCUT2D eigenvalue weighted by atomic mass is 10.2. The van der Waals surface area contributed by atoms with E-state index in [1.807, 2.05) is 0 Å². The normalized spacial score (nSPS) is 25.7. The Morgan fingerprint density at radius 1 is 1.67 bits per heavy atom. The van der Waals surface area contributed by atoms with Gasteiger partial charge in [-0.15, -0.1) is 0 Å². The SMILES string of the molecule is CC(C)N1CCOC(CC#N)C1. The fourth-order valence-electron chi connectivity index (χ4n) is 1.44. The van der Waals surface area contributed by atoms with Gasteiger partial charge in [-0.3, -0.25) is 4.90 Å². The molecule has 3 nitrogen and oxygen atoms in total. The third kappa shape index (κ3) is 2.47. The molecule has 0 aromatic heterocycles. The smallest absolute Gasteiger partial charge is 0.0832 e. The van der Waals surface area contributed by atoms with E-state index in [9.17, 15) is 0 Å². The minimum atomic E-state index is 0.131. The van der Waals surface area contributed by atoms with Crippen LogP contribution in [0.5, 0.6) is 0 Å². The van der Waals surface area contributed by atoms with Crippen molar-refractivity contribution in [3.8, 4) is 6.07 Å². The number of rotatable bonds is 2. The van der Waals surface area contributed by atoms with Crippen LogP contribution in [0.4, 0.5) is 0 Å². The first-order chi connectivity index (χ1) is 5.74. The third-order valence-electron chi connectivity index (χ3n) is 2.22. The van der Waals surface area contributed by atoms with Gasteiger partial charge in [0.2, 0.25) is 0 Å². The summed E-state index contributed by atoms with van der Waals surface area (Å²) in [5.41, 5.74) is 0. The fourth-order valence-corrected chi connectivity index (χ4v) is 1.44. The number of hydrogen-bond donors (Lipinski definition) is 0. The molecular formula is C9H16N2O. The highest BCUT2D eigenvalue weighted by Gasteiger charge is 2.21. The van der Waals surface area contributed by atoms with Crippen LogP contribution in [0.2, 0.25) is 0 Å². The number of nitriles is 1. The van der Waals surface area contributed by atoms with E-state index in [0.717, 1.165) is 19.7 Å². The molecule has 0 radical (unpaired) electrons. The molecule has 1 atom stereocenters. The molecule has 0 amide bonds. The van der Waals surface area contributed by atoms with Gasteiger partial charge >= 0.3 is 0 Å². The van der Waals surface area contributed by atoms with E-state index < -0.39 is 0 Å². The number of hydrogen-bond acceptors (Lipinski definition) is 3. The second kappa shape index (κ2) is 4.44. The number of ether oxygens (including phenoxy) is 1. The van der Waals surface area contributed by atoms with Crippen molar-refractivity contribution >= 4 is 0 Å². The third-order valence-corrected chi connectivity index (χ3v) is 2.22. The average molecular weight is 168 g/mol. The first kappa shape index (κ1) is 9.50. The Hall–Kier alpha value is -0.590. The topological polar surface area (TPSA) is 36.3 Å². The van der Waals surface area contributed by atoms with Crippen molar-refractivity contribution in [1.82, 2.24) is 4.90 Å². The Morgan fingerprint density at radius 3 is 3.00 bits per heavy atom. The van der Waals surface area contributed by atoms with Gasteiger partial charge in [0.1, 0.15) is 0 Å². The molecule has 1 aliphatic rings. The van der Waals surface area contributed by atoms with Crippen LogP contribution in [0.1, 0.15) is 20.3 Å². The van der Waals surface area contributed by atoms with Crippen LogP contribution in [-0.2, 0) is 4.74 Å². The summed E-state index contributed by atoms with van der Waals surface area (Å²) in [4.78, 5) is 2.35. The summed E-state index contributed by atoms with van der Waals surface area (Å²) in [6.45, 7) is 7.03. The number of morpholine rings is 1. The van der Waals surface area contributed by atoms with E-state index in [2.05, 4.69) is 24.8 Å². The summed E-state index contributed by atoms with van der Waals surface area (Å²) in [5, 5.41) is 8.49. The summed E-state index contributed by atoms with van der Waals surface area (Å²) in [7, 11) is 0. The van der Waals surface area contributed by atoms with Crippen molar-refractivity contribution in [2.45, 2.75) is 32.4 Å². The van der Waals surface area contributed by atoms with Crippen molar-refractivity contribution in [1.29, 1.82) is 5.26 Å². The maximum Gasteiger partial charge on any atom is 0.0832 e. The fraction of sp³-hybridized carbons (Fsp3) is 0.889. The standard InChI is InChI=1S/C9H16N2O/c1-8(2)11-5-6-12-9(7-11)3-4-10/h8-9H,3,5-7H2,1-2H3. The quantitative estimate of drug-likeness (QED) is 0.617. The summed E-state index contributed by atoms with van der Waals surface area (Å²) >= 11 is 0. The van der Waals surface area contributed by atoms with Crippen LogP contribution < -0.4 is 0 Å². The minimum absolute atomic E-state index is 0.131. The zero-order valence-electron chi connectivity index (χ0n) is 7.79. The summed E-state index contributed by atoms with van der Waals surface area (Å²) < 4.78 is 5.43. The Labute approximate surface area is 73.9 Å². The average Bonchev–Trinajstić information content (AvgIpc) is 2.05. The molecule has 0 bridgehead atoms. The zero-order chi connectivity index (χ0) is 8.97. The van der Waals surface area contributed by atoms with E-state index in [0.29, 0.717) is 12.5 Å². The van der Waals surface area contributed by atoms with Gasteiger partial charge in [0.15, 0.2) is 0 Å². The van der Waals surface area contributed by atoms with Crippen LogP contribution in [0.3, 0.4) is 0 Å². The Bertz CT molecular complexity index is 174. The summed E-state index contributed by atoms with van der Waals surface area (Å²) in [5.74, 6) is 0. The minimum Gasteiger partial charge on any atom is -0.374 e. The molecular weight excluding hydrogens is 152 g/mol. The predicted octanol–water partition coefficient (Wildman–Crippen LogP) is 1.01. The van der Waals surface area contributed by atoms with E-state index in [1.54, 1.807) is 0 Å². The van der Waals surface area contributed by atoms with Crippen LogP contribution in [0, 0.1) is 11.3 Å². The highest BCUT2D eigenvalue weighted by Crippen LogP contribution is 2.10. The Morgan fingerprint density at radius 2 is 2.42 bits per heavy atom. The van der Waals surface area contributed by atoms with Gasteiger partial charge in [-0.1, -0.05) is 0 Å². The highest BCUT2D eigenvalue weighted by atomic mass is 16.5. The lowest BCUT2D eigenvalue weighted by Gasteiger charge is -2.34. The molecule has 0 aromatic carbocycles. The monoisotopic (exact) mass is 168 g/mol. The van der Waals surface area contributed by atoms with Crippen molar-refractivity contribution in [3.05, 3.63) is 0 Å². The lowest BCUT2D eigenvalue weighted by Crippen LogP contribution is -2.45. The van der Waals surface area contributed by atoms with Crippen LogP contribution >= 0.6 is 0 Å². The second-order valence-electron chi connectivity index (χ2n) is 3.44.